The number of carbonyl (C=O) groups is 2. The summed E-state index contributed by atoms with van der Waals surface area (Å²) in [5.74, 6) is 3.23. The molecule has 5 saturated heterocycles. The Kier molecular flexibility index (Phi) is 28.0. The Hall–Kier alpha value is -8.28. The number of sulfonamides is 3. The molecule has 5 fully saturated rings. The minimum Gasteiger partial charge on any atom is -0.390 e. The molecule has 0 amide bonds. The fourth-order valence-electron chi connectivity index (χ4n) is 12.2. The van der Waals surface area contributed by atoms with E-state index < -0.39 is 46.3 Å². The number of ether oxygens (including phenoxy) is 4. The van der Waals surface area contributed by atoms with Crippen LogP contribution in [0.15, 0.2) is 86.4 Å². The Morgan fingerprint density at radius 2 is 0.971 bits per heavy atom. The van der Waals surface area contributed by atoms with Gasteiger partial charge in [0.05, 0.1) is 142 Å². The second kappa shape index (κ2) is 36.3. The molecule has 5 aliphatic rings. The van der Waals surface area contributed by atoms with Crippen LogP contribution in [0.2, 0.25) is 0 Å². The maximum Gasteiger partial charge on any atom is 0.229 e. The smallest absolute Gasteiger partial charge is 0.229 e. The van der Waals surface area contributed by atoms with Crippen LogP contribution >= 0.6 is 15.9 Å². The number of nitrogens with zero attached hydrogens (tertiary/aromatic N) is 15. The summed E-state index contributed by atoms with van der Waals surface area (Å²) in [5, 5.41) is 22.9. The lowest BCUT2D eigenvalue weighted by Gasteiger charge is -2.37. The summed E-state index contributed by atoms with van der Waals surface area (Å²) in [7, 11) is -8.83. The van der Waals surface area contributed by atoms with E-state index in [9.17, 15) is 45.1 Å². The minimum absolute atomic E-state index is 0.255. The average Bonchev–Trinajstić information content (AvgIpc) is 1.69. The van der Waals surface area contributed by atoms with E-state index in [2.05, 4.69) is 94.1 Å². The number of pyridine rings is 3. The van der Waals surface area contributed by atoms with Crippen molar-refractivity contribution in [2.45, 2.75) is 76.1 Å². The zero-order valence-electron chi connectivity index (χ0n) is 60.0. The summed E-state index contributed by atoms with van der Waals surface area (Å²) in [6, 6.07) is 4.99. The molecule has 8 aromatic heterocycles. The molecule has 0 bridgehead atoms. The average molecular weight is 1580 g/mol. The van der Waals surface area contributed by atoms with Gasteiger partial charge in [-0.25, -0.2) is 55.2 Å². The lowest BCUT2D eigenvalue weighted by molar-refractivity contribution is -0.112. The largest absolute Gasteiger partial charge is 0.390 e. The van der Waals surface area contributed by atoms with Gasteiger partial charge >= 0.3 is 0 Å². The van der Waals surface area contributed by atoms with E-state index >= 15 is 0 Å². The number of nitrogens with two attached hydrogens (primary N) is 1. The summed E-state index contributed by atoms with van der Waals surface area (Å²) in [5.41, 5.74) is 11.9. The second-order valence-corrected chi connectivity index (χ2v) is 32.9. The van der Waals surface area contributed by atoms with Crippen LogP contribution in [0.5, 0.6) is 0 Å². The van der Waals surface area contributed by atoms with Gasteiger partial charge in [0.15, 0.2) is 28.9 Å². The number of rotatable bonds is 19. The Morgan fingerprint density at radius 3 is 1.37 bits per heavy atom. The molecule has 105 heavy (non-hydrogen) atoms. The van der Waals surface area contributed by atoms with E-state index in [4.69, 9.17) is 34.9 Å². The number of imidazole rings is 2. The van der Waals surface area contributed by atoms with Gasteiger partial charge in [-0.1, -0.05) is 0 Å². The zero-order valence-corrected chi connectivity index (χ0v) is 64.0. The van der Waals surface area contributed by atoms with Crippen LogP contribution in [-0.4, -0.2) is 254 Å². The van der Waals surface area contributed by atoms with Gasteiger partial charge in [0, 0.05) is 88.2 Å². The van der Waals surface area contributed by atoms with Crippen molar-refractivity contribution in [3.8, 4) is 33.8 Å². The van der Waals surface area contributed by atoms with Crippen molar-refractivity contribution in [1.29, 1.82) is 0 Å². The van der Waals surface area contributed by atoms with Crippen LogP contribution in [-0.2, 0) is 60.4 Å². The number of hydrogen-bond acceptors (Lipinski definition) is 29. The van der Waals surface area contributed by atoms with Crippen LogP contribution in [0.25, 0.3) is 45.1 Å². The molecule has 0 saturated carbocycles. The van der Waals surface area contributed by atoms with Crippen molar-refractivity contribution >= 4 is 110 Å². The molecular weight excluding hydrogens is 1480 g/mol. The first-order valence-corrected chi connectivity index (χ1v) is 40.5. The normalized spacial score (nSPS) is 17.0. The predicted molar refractivity (Wildman–Crippen MR) is 404 cm³/mol. The topological polar surface area (TPSA) is 426 Å². The second-order valence-electron chi connectivity index (χ2n) is 26.7. The Balaban J connectivity index is 0.000000167. The van der Waals surface area contributed by atoms with Crippen LogP contribution in [0.3, 0.4) is 0 Å². The van der Waals surface area contributed by atoms with E-state index in [0.29, 0.717) is 150 Å². The first-order valence-electron chi connectivity index (χ1n) is 34.0. The maximum atomic E-state index is 11.8. The van der Waals surface area contributed by atoms with E-state index in [1.165, 1.54) is 31.9 Å². The lowest BCUT2D eigenvalue weighted by Crippen LogP contribution is -2.41. The van der Waals surface area contributed by atoms with E-state index in [0.717, 1.165) is 121 Å². The molecule has 34 nitrogen and oxygen atoms in total. The fourth-order valence-corrected chi connectivity index (χ4v) is 13.8. The van der Waals surface area contributed by atoms with Gasteiger partial charge in [0.25, 0.3) is 0 Å². The van der Waals surface area contributed by atoms with Crippen molar-refractivity contribution < 1.29 is 64.0 Å². The van der Waals surface area contributed by atoms with Gasteiger partial charge in [-0.15, -0.1) is 0 Å². The van der Waals surface area contributed by atoms with Gasteiger partial charge in [-0.2, -0.15) is 0 Å². The predicted octanol–water partition coefficient (Wildman–Crippen LogP) is 4.43. The Morgan fingerprint density at radius 1 is 0.571 bits per heavy atom. The summed E-state index contributed by atoms with van der Waals surface area (Å²) < 4.78 is 101. The third-order valence-electron chi connectivity index (χ3n) is 17.6. The molecular formula is C67H93BrN20O14S3. The van der Waals surface area contributed by atoms with Crippen molar-refractivity contribution in [3.05, 3.63) is 97.8 Å². The number of methoxy groups -OCH3 is 1. The molecule has 38 heteroatoms. The van der Waals surface area contributed by atoms with Crippen molar-refractivity contribution in [1.82, 2.24) is 63.9 Å². The number of piperidine rings is 2. The summed E-state index contributed by atoms with van der Waals surface area (Å²) in [4.78, 5) is 69.6. The van der Waals surface area contributed by atoms with Crippen LogP contribution in [0.4, 0.5) is 40.3 Å². The number of morpholine rings is 3. The van der Waals surface area contributed by atoms with Crippen molar-refractivity contribution in [2.75, 3.05) is 166 Å². The molecule has 1 atom stereocenters. The van der Waals surface area contributed by atoms with E-state index in [1.54, 1.807) is 53.6 Å². The lowest BCUT2D eigenvalue weighted by atomic mass is 9.83. The SMILES string of the molecule is CC(C)(O)C1CCN(Cc2cnc3c(-c4cncc(NS(C)(=O)=O)c4)nc(N4CCOCC4)cn23)CC1.CC(C)(O)C1CCNCC1.COC(Br)C=O.CS(=O)(=O)Nc1cncc(-c2nc(N3CCOCC3)cn3c(C=O)cnc23)c1.CS(=O)(=O)Nc1cncc(-c2nc(N3CCOCC3)cnc2N)c1. The monoisotopic (exact) mass is 1580 g/mol. The number of fused-ring (bicyclic) bond motifs is 2. The van der Waals surface area contributed by atoms with Crippen molar-refractivity contribution in [3.63, 3.8) is 0 Å². The molecule has 0 radical (unpaired) electrons. The molecule has 5 aliphatic heterocycles. The Labute approximate surface area is 619 Å². The maximum absolute atomic E-state index is 11.8. The highest BCUT2D eigenvalue weighted by atomic mass is 79.9. The molecule has 570 valence electrons. The molecule has 1 unspecified atom stereocenters. The highest BCUT2D eigenvalue weighted by Crippen LogP contribution is 2.34. The third-order valence-corrected chi connectivity index (χ3v) is 20.0. The number of aldehydes is 2. The highest BCUT2D eigenvalue weighted by molar-refractivity contribution is 9.09. The number of aromatic nitrogens is 11. The van der Waals surface area contributed by atoms with Gasteiger partial charge < -0.3 is 54.9 Å². The van der Waals surface area contributed by atoms with Gasteiger partial charge in [-0.3, -0.25) is 52.4 Å². The molecule has 0 spiro atoms. The molecule has 8 N–H and O–H groups in total. The molecule has 13 rings (SSSR count). The number of hydrogen-bond donors (Lipinski definition) is 7. The van der Waals surface area contributed by atoms with Gasteiger partial charge in [-0.05, 0) is 126 Å². The fraction of sp³-hybridized carbons (Fsp3) is 0.507. The number of carbonyl (C=O) groups excluding carboxylic acids is 2. The number of nitrogens with one attached hydrogen (secondary N) is 4. The number of alkyl halides is 1. The summed E-state index contributed by atoms with van der Waals surface area (Å²) in [6.07, 6.45) is 26.7. The van der Waals surface area contributed by atoms with Crippen LogP contribution in [0, 0.1) is 11.8 Å². The first-order chi connectivity index (χ1) is 49.8. The van der Waals surface area contributed by atoms with E-state index in [1.807, 2.05) is 40.1 Å². The molecule has 0 aliphatic carbocycles. The van der Waals surface area contributed by atoms with Crippen LogP contribution < -0.4 is 39.9 Å². The number of nitrogen functional groups attached to an aromatic ring is 1. The number of aliphatic hydroxyl groups is 2. The van der Waals surface area contributed by atoms with Gasteiger partial charge in [0.1, 0.15) is 46.0 Å². The molecule has 13 heterocycles. The highest BCUT2D eigenvalue weighted by Gasteiger charge is 2.32. The van der Waals surface area contributed by atoms with Gasteiger partial charge in [0.2, 0.25) is 30.1 Å². The van der Waals surface area contributed by atoms with E-state index in [-0.39, 0.29) is 5.82 Å². The third kappa shape index (κ3) is 23.9. The Bertz CT molecular complexity index is 4570. The van der Waals surface area contributed by atoms with Crippen molar-refractivity contribution in [2.24, 2.45) is 11.8 Å². The standard InChI is InChI=1S/C25H35N7O4S.C17H18N6O4S.C14H18N6O3S.C8H17NO.C3H5BrO2/c1-25(2,33)19-4-6-30(7-5-19)16-21-15-27-24-23(18-12-20(14-26-13-18)29-37(3,34)35)28-22(17-32(21)24)31-8-10-36-11-9-31;1-28(25,26)21-13-6-12(7-18-8-13)16-17-19-9-14(11-24)23(17)10-15(20-16)22-2-4-27-5-3-22;1-24(21,22)19-11-6-10(7-16-8-11)13-14(15)17-9-12(18-13)20-2-4-23-5-3-20;1-8(2,10)7-3-5-9-6-4-7;1-6-3(4)2-5/h12-15,17,19,29,33H,4-11,16H2,1-3H3;6-11,21H,2-5H2,1H3;6-9,19H,2-5H2,1H3,(H2,15,17);7,9-10H,3-6H2,1-2H3;2-3H,1H3. The first kappa shape index (κ1) is 80.8. The number of anilines is 7. The quantitative estimate of drug-likeness (QED) is 0.0435. The summed E-state index contributed by atoms with van der Waals surface area (Å²) >= 11 is 2.89. The number of halogens is 1. The summed E-state index contributed by atoms with van der Waals surface area (Å²) in [6.45, 7) is 20.3. The zero-order chi connectivity index (χ0) is 75.7. The molecule has 0 aromatic carbocycles. The van der Waals surface area contributed by atoms with Crippen LogP contribution in [0.1, 0.15) is 69.6 Å². The molecule has 8 aromatic rings. The number of likely N-dealkylation sites (tertiary alicyclic amines) is 1. The minimum atomic E-state index is -3.44.